The molecule has 0 aliphatic carbocycles. The molecule has 13 heteroatoms. The smallest absolute Gasteiger partial charge is 0.252 e. The van der Waals surface area contributed by atoms with Gasteiger partial charge in [0, 0.05) is 14.2 Å². The fourth-order valence-electron chi connectivity index (χ4n) is 4.37. The van der Waals surface area contributed by atoms with Crippen LogP contribution in [0, 0.1) is 27.7 Å². The third kappa shape index (κ3) is 5.47. The van der Waals surface area contributed by atoms with Gasteiger partial charge < -0.3 is 9.47 Å². The summed E-state index contributed by atoms with van der Waals surface area (Å²) in [7, 11) is -5.62. The molecular weight excluding hydrogens is 522 g/mol. The number of rotatable bonds is 9. The maximum Gasteiger partial charge on any atom is 0.252 e. The van der Waals surface area contributed by atoms with E-state index in [1.165, 1.54) is 38.5 Å². The van der Waals surface area contributed by atoms with Crippen molar-refractivity contribution in [1.29, 1.82) is 0 Å². The average molecular weight is 554 g/mol. The number of imide groups is 1. The van der Waals surface area contributed by atoms with Crippen LogP contribution in [0.4, 0.5) is 5.69 Å². The Hall–Kier alpha value is -2.68. The second-order valence-electron chi connectivity index (χ2n) is 8.89. The Morgan fingerprint density at radius 3 is 1.95 bits per heavy atom. The number of aryl methyl sites for hydroxylation is 2. The van der Waals surface area contributed by atoms with Crippen molar-refractivity contribution in [2.75, 3.05) is 25.7 Å². The summed E-state index contributed by atoms with van der Waals surface area (Å²) >= 11 is 0. The fourth-order valence-corrected chi connectivity index (χ4v) is 7.03. The first-order valence-corrected chi connectivity index (χ1v) is 14.3. The van der Waals surface area contributed by atoms with E-state index < -0.39 is 50.6 Å². The van der Waals surface area contributed by atoms with E-state index in [2.05, 4.69) is 0 Å². The zero-order chi connectivity index (χ0) is 27.9. The summed E-state index contributed by atoms with van der Waals surface area (Å²) in [6.45, 7) is 6.64. The van der Waals surface area contributed by atoms with Crippen molar-refractivity contribution in [2.45, 2.75) is 56.2 Å². The lowest BCUT2D eigenvalue weighted by Crippen LogP contribution is -2.49. The van der Waals surface area contributed by atoms with Gasteiger partial charge in [0.15, 0.2) is 6.29 Å². The van der Waals surface area contributed by atoms with Gasteiger partial charge in [-0.3, -0.25) is 9.59 Å². The van der Waals surface area contributed by atoms with Crippen LogP contribution in [0.3, 0.4) is 0 Å². The summed E-state index contributed by atoms with van der Waals surface area (Å²) in [5.41, 5.74) is 2.69. The molecule has 0 bridgehead atoms. The maximum absolute atomic E-state index is 14.1. The van der Waals surface area contributed by atoms with Crippen molar-refractivity contribution >= 4 is 37.5 Å². The van der Waals surface area contributed by atoms with Crippen molar-refractivity contribution in [1.82, 2.24) is 4.31 Å². The highest BCUT2D eigenvalue weighted by atomic mass is 32.2. The summed E-state index contributed by atoms with van der Waals surface area (Å²) in [6, 6.07) is 5.38. The molecule has 1 unspecified atom stereocenters. The predicted molar refractivity (Wildman–Crippen MR) is 136 cm³/mol. The summed E-state index contributed by atoms with van der Waals surface area (Å²) < 4.78 is 62.9. The summed E-state index contributed by atoms with van der Waals surface area (Å²) in [6.07, 6.45) is -1.43. The monoisotopic (exact) mass is 553 g/mol. The standard InChI is InChI=1S/C24H31N3O8S2/c1-14-11-15(2)17(4)23(16(14)3)37(32,33)26(13-22(34-5)35-6)20-12-21(28)27(24(20)29)18-7-9-19(10-8-18)36(25,30)31/h7-11,20,22H,12-13H2,1-6H3,(H2,25,30,31). The van der Waals surface area contributed by atoms with Gasteiger partial charge in [-0.2, -0.15) is 4.31 Å². The molecule has 0 aromatic heterocycles. The van der Waals surface area contributed by atoms with Crippen molar-refractivity contribution in [2.24, 2.45) is 5.14 Å². The van der Waals surface area contributed by atoms with E-state index >= 15 is 0 Å². The number of carbonyl (C=O) groups excluding carboxylic acids is 2. The Morgan fingerprint density at radius 2 is 1.49 bits per heavy atom. The van der Waals surface area contributed by atoms with Gasteiger partial charge in [0.1, 0.15) is 6.04 Å². The number of anilines is 1. The van der Waals surface area contributed by atoms with Crippen LogP contribution in [0.1, 0.15) is 28.7 Å². The highest BCUT2D eigenvalue weighted by molar-refractivity contribution is 7.89. The minimum atomic E-state index is -4.32. The van der Waals surface area contributed by atoms with Gasteiger partial charge in [-0.05, 0) is 74.2 Å². The number of nitrogens with zero attached hydrogens (tertiary/aromatic N) is 2. The quantitative estimate of drug-likeness (QED) is 0.362. The molecule has 0 radical (unpaired) electrons. The van der Waals surface area contributed by atoms with E-state index in [-0.39, 0.29) is 22.0 Å². The lowest BCUT2D eigenvalue weighted by atomic mass is 10.0. The van der Waals surface area contributed by atoms with E-state index in [0.29, 0.717) is 11.1 Å². The molecule has 1 heterocycles. The SMILES string of the molecule is COC(CN(C1CC(=O)N(c2ccc(S(N)(=O)=O)cc2)C1=O)S(=O)(=O)c1c(C)c(C)cc(C)c1C)OC. The largest absolute Gasteiger partial charge is 0.354 e. The number of nitrogens with two attached hydrogens (primary N) is 1. The fraction of sp³-hybridized carbons (Fsp3) is 0.417. The lowest BCUT2D eigenvalue weighted by molar-refractivity contribution is -0.125. The van der Waals surface area contributed by atoms with E-state index in [0.717, 1.165) is 20.3 Å². The molecule has 2 N–H and O–H groups in total. The average Bonchev–Trinajstić information content (AvgIpc) is 3.11. The van der Waals surface area contributed by atoms with E-state index in [4.69, 9.17) is 14.6 Å². The molecule has 11 nitrogen and oxygen atoms in total. The molecule has 0 spiro atoms. The van der Waals surface area contributed by atoms with Crippen LogP contribution in [0.25, 0.3) is 0 Å². The van der Waals surface area contributed by atoms with E-state index in [1.807, 2.05) is 6.07 Å². The number of hydrogen-bond donors (Lipinski definition) is 1. The van der Waals surface area contributed by atoms with Crippen LogP contribution in [-0.4, -0.2) is 66.1 Å². The number of sulfonamides is 2. The molecule has 37 heavy (non-hydrogen) atoms. The van der Waals surface area contributed by atoms with Crippen molar-refractivity contribution in [3.05, 3.63) is 52.6 Å². The minimum Gasteiger partial charge on any atom is -0.354 e. The number of carbonyl (C=O) groups is 2. The predicted octanol–water partition coefficient (Wildman–Crippen LogP) is 1.51. The Balaban J connectivity index is 2.11. The zero-order valence-electron chi connectivity index (χ0n) is 21.5. The molecule has 1 aliphatic rings. The Kier molecular flexibility index (Phi) is 8.27. The van der Waals surface area contributed by atoms with Crippen LogP contribution < -0.4 is 10.0 Å². The Bertz CT molecular complexity index is 1410. The Morgan fingerprint density at radius 1 is 0.973 bits per heavy atom. The first-order chi connectivity index (χ1) is 17.1. The number of primary sulfonamides is 1. The first kappa shape index (κ1) is 28.9. The summed E-state index contributed by atoms with van der Waals surface area (Å²) in [5.74, 6) is -1.42. The van der Waals surface area contributed by atoms with Crippen molar-refractivity contribution in [3.8, 4) is 0 Å². The number of benzene rings is 2. The number of methoxy groups -OCH3 is 2. The first-order valence-electron chi connectivity index (χ1n) is 11.3. The normalized spacial score (nSPS) is 16.9. The molecule has 202 valence electrons. The van der Waals surface area contributed by atoms with E-state index in [1.54, 1.807) is 27.7 Å². The maximum atomic E-state index is 14.1. The molecule has 0 saturated carbocycles. The summed E-state index contributed by atoms with van der Waals surface area (Å²) in [5, 5.41) is 5.13. The topological polar surface area (TPSA) is 153 Å². The molecule has 2 aromatic carbocycles. The molecule has 2 aromatic rings. The van der Waals surface area contributed by atoms with Crippen LogP contribution in [-0.2, 0) is 39.1 Å². The van der Waals surface area contributed by atoms with Gasteiger partial charge in [-0.1, -0.05) is 6.07 Å². The molecule has 1 atom stereocenters. The van der Waals surface area contributed by atoms with Crippen LogP contribution >= 0.6 is 0 Å². The highest BCUT2D eigenvalue weighted by Crippen LogP contribution is 2.34. The third-order valence-corrected chi connectivity index (χ3v) is 9.69. The molecule has 2 amide bonds. The van der Waals surface area contributed by atoms with Gasteiger partial charge in [-0.25, -0.2) is 26.9 Å². The van der Waals surface area contributed by atoms with E-state index in [9.17, 15) is 26.4 Å². The van der Waals surface area contributed by atoms with Gasteiger partial charge in [0.2, 0.25) is 26.0 Å². The van der Waals surface area contributed by atoms with Gasteiger partial charge >= 0.3 is 0 Å². The van der Waals surface area contributed by atoms with Crippen LogP contribution in [0.2, 0.25) is 0 Å². The Labute approximate surface area is 217 Å². The second-order valence-corrected chi connectivity index (χ2v) is 12.3. The summed E-state index contributed by atoms with van der Waals surface area (Å²) in [4.78, 5) is 27.3. The number of amides is 2. The van der Waals surface area contributed by atoms with Crippen LogP contribution in [0.15, 0.2) is 40.1 Å². The van der Waals surface area contributed by atoms with Gasteiger partial charge in [-0.15, -0.1) is 0 Å². The van der Waals surface area contributed by atoms with Gasteiger partial charge in [0.25, 0.3) is 5.91 Å². The molecule has 3 rings (SSSR count). The van der Waals surface area contributed by atoms with Crippen LogP contribution in [0.5, 0.6) is 0 Å². The highest BCUT2D eigenvalue weighted by Gasteiger charge is 2.48. The lowest BCUT2D eigenvalue weighted by Gasteiger charge is -2.31. The third-order valence-electron chi connectivity index (χ3n) is 6.61. The molecule has 1 saturated heterocycles. The van der Waals surface area contributed by atoms with Crippen molar-refractivity contribution in [3.63, 3.8) is 0 Å². The van der Waals surface area contributed by atoms with Gasteiger partial charge in [0.05, 0.1) is 28.4 Å². The zero-order valence-corrected chi connectivity index (χ0v) is 23.1. The second kappa shape index (κ2) is 10.6. The number of ether oxygens (including phenoxy) is 2. The molecule has 1 aliphatic heterocycles. The molecule has 1 fully saturated rings. The molecular formula is C24H31N3O8S2. The minimum absolute atomic E-state index is 0.0622. The van der Waals surface area contributed by atoms with Crippen molar-refractivity contribution < 1.29 is 35.9 Å². The number of hydrogen-bond acceptors (Lipinski definition) is 8.